The number of benzene rings is 1. The summed E-state index contributed by atoms with van der Waals surface area (Å²) < 4.78 is 38.8. The number of carbonyl (C=O) groups excluding carboxylic acids is 2. The second-order valence-electron chi connectivity index (χ2n) is 11.2. The number of rotatable bonds is 6. The van der Waals surface area contributed by atoms with Crippen molar-refractivity contribution in [1.29, 1.82) is 0 Å². The summed E-state index contributed by atoms with van der Waals surface area (Å²) in [5.41, 5.74) is 0.894. The monoisotopic (exact) mass is 563 g/mol. The second kappa shape index (κ2) is 10.3. The molecule has 1 aromatic heterocycles. The van der Waals surface area contributed by atoms with E-state index in [-0.39, 0.29) is 47.9 Å². The van der Waals surface area contributed by atoms with E-state index >= 15 is 0 Å². The first-order chi connectivity index (χ1) is 17.6. The first-order valence-electron chi connectivity index (χ1n) is 12.8. The van der Waals surface area contributed by atoms with Crippen LogP contribution in [-0.4, -0.2) is 62.0 Å². The predicted octanol–water partition coefficient (Wildman–Crippen LogP) is 4.13. The molecule has 0 saturated carbocycles. The van der Waals surface area contributed by atoms with Crippen molar-refractivity contribution >= 4 is 38.2 Å². The standard InChI is InChI=1S/C27H37N3O6S2/c1-8-35-25(32)21-20-13-26(4,5)29-27(6,7)22(20)37-24(21)28-23(31)18-9-11-19(12-10-18)38(33,34)30-14-16(2)36-17(3)15-30/h9-12,16-17,29H,8,13-15H2,1-7H3,(H,28,31)/t16-,17+. The van der Waals surface area contributed by atoms with Crippen LogP contribution in [0, 0.1) is 0 Å². The predicted molar refractivity (Wildman–Crippen MR) is 147 cm³/mol. The third-order valence-corrected chi connectivity index (χ3v) is 10.0. The number of hydrogen-bond acceptors (Lipinski definition) is 8. The molecule has 2 atom stereocenters. The van der Waals surface area contributed by atoms with E-state index in [1.807, 2.05) is 13.8 Å². The fourth-order valence-electron chi connectivity index (χ4n) is 5.46. The van der Waals surface area contributed by atoms with E-state index in [4.69, 9.17) is 9.47 Å². The van der Waals surface area contributed by atoms with Crippen LogP contribution in [0.25, 0.3) is 0 Å². The van der Waals surface area contributed by atoms with Crippen molar-refractivity contribution in [3.63, 3.8) is 0 Å². The lowest BCUT2D eigenvalue weighted by molar-refractivity contribution is -0.0440. The Morgan fingerprint density at radius 2 is 1.74 bits per heavy atom. The molecule has 38 heavy (non-hydrogen) atoms. The van der Waals surface area contributed by atoms with Gasteiger partial charge >= 0.3 is 5.97 Å². The number of nitrogens with zero attached hydrogens (tertiary/aromatic N) is 1. The summed E-state index contributed by atoms with van der Waals surface area (Å²) in [4.78, 5) is 27.4. The Balaban J connectivity index is 1.61. The number of esters is 1. The number of carbonyl (C=O) groups is 2. The molecule has 2 N–H and O–H groups in total. The van der Waals surface area contributed by atoms with Crippen molar-refractivity contribution in [3.05, 3.63) is 45.8 Å². The molecule has 1 amide bonds. The Hall–Kier alpha value is -2.31. The molecule has 0 unspecified atom stereocenters. The highest BCUT2D eigenvalue weighted by Crippen LogP contribution is 2.45. The second-order valence-corrected chi connectivity index (χ2v) is 14.2. The van der Waals surface area contributed by atoms with Crippen molar-refractivity contribution in [2.45, 2.75) is 83.1 Å². The fourth-order valence-corrected chi connectivity index (χ4v) is 8.31. The summed E-state index contributed by atoms with van der Waals surface area (Å²) in [6.45, 7) is 14.5. The number of anilines is 1. The quantitative estimate of drug-likeness (QED) is 0.508. The molecule has 1 aromatic carbocycles. The molecule has 3 heterocycles. The Bertz CT molecular complexity index is 1320. The number of nitrogens with one attached hydrogen (secondary N) is 2. The number of amides is 1. The van der Waals surface area contributed by atoms with Crippen molar-refractivity contribution in [2.24, 2.45) is 0 Å². The molecule has 9 nitrogen and oxygen atoms in total. The van der Waals surface area contributed by atoms with Crippen LogP contribution in [0.5, 0.6) is 0 Å². The number of morpholine rings is 1. The molecule has 2 aromatic rings. The van der Waals surface area contributed by atoms with E-state index in [0.717, 1.165) is 10.4 Å². The zero-order chi connectivity index (χ0) is 28.0. The normalized spacial score (nSPS) is 22.9. The largest absolute Gasteiger partial charge is 0.462 e. The topological polar surface area (TPSA) is 114 Å². The average Bonchev–Trinajstić information content (AvgIpc) is 3.15. The van der Waals surface area contributed by atoms with Crippen molar-refractivity contribution in [1.82, 2.24) is 9.62 Å². The van der Waals surface area contributed by atoms with E-state index in [0.29, 0.717) is 17.0 Å². The minimum atomic E-state index is -3.72. The fraction of sp³-hybridized carbons (Fsp3) is 0.556. The molecule has 0 spiro atoms. The van der Waals surface area contributed by atoms with Gasteiger partial charge in [0.2, 0.25) is 10.0 Å². The van der Waals surface area contributed by atoms with Gasteiger partial charge < -0.3 is 20.1 Å². The van der Waals surface area contributed by atoms with Gasteiger partial charge in [-0.25, -0.2) is 13.2 Å². The van der Waals surface area contributed by atoms with Crippen LogP contribution < -0.4 is 10.6 Å². The summed E-state index contributed by atoms with van der Waals surface area (Å²) in [5.74, 6) is -0.902. The summed E-state index contributed by atoms with van der Waals surface area (Å²) in [6.07, 6.45) is 0.210. The lowest BCUT2D eigenvalue weighted by Gasteiger charge is -2.42. The lowest BCUT2D eigenvalue weighted by Crippen LogP contribution is -2.55. The number of thiophene rings is 1. The zero-order valence-corrected chi connectivity index (χ0v) is 24.6. The highest BCUT2D eigenvalue weighted by molar-refractivity contribution is 7.89. The van der Waals surface area contributed by atoms with Crippen LogP contribution in [-0.2, 0) is 31.5 Å². The highest BCUT2D eigenvalue weighted by atomic mass is 32.2. The van der Waals surface area contributed by atoms with E-state index in [1.165, 1.54) is 39.9 Å². The van der Waals surface area contributed by atoms with Crippen molar-refractivity contribution < 1.29 is 27.5 Å². The Morgan fingerprint density at radius 3 is 2.32 bits per heavy atom. The van der Waals surface area contributed by atoms with Crippen LogP contribution >= 0.6 is 11.3 Å². The SMILES string of the molecule is CCOC(=O)c1c(NC(=O)c2ccc(S(=O)(=O)N3C[C@@H](C)O[C@@H](C)C3)cc2)sc2c1CC(C)(C)NC2(C)C. The number of ether oxygens (including phenoxy) is 2. The van der Waals surface area contributed by atoms with Gasteiger partial charge in [-0.2, -0.15) is 4.31 Å². The summed E-state index contributed by atoms with van der Waals surface area (Å²) in [6, 6.07) is 5.86. The minimum absolute atomic E-state index is 0.115. The Labute approximate surface area is 228 Å². The van der Waals surface area contributed by atoms with Crippen LogP contribution in [0.15, 0.2) is 29.2 Å². The summed E-state index contributed by atoms with van der Waals surface area (Å²) >= 11 is 1.36. The Kier molecular flexibility index (Phi) is 7.81. The van der Waals surface area contributed by atoms with E-state index in [9.17, 15) is 18.0 Å². The third kappa shape index (κ3) is 5.67. The van der Waals surface area contributed by atoms with Crippen LogP contribution in [0.3, 0.4) is 0 Å². The number of fused-ring (bicyclic) bond motifs is 1. The molecule has 2 aliphatic heterocycles. The smallest absolute Gasteiger partial charge is 0.341 e. The molecule has 1 saturated heterocycles. The molecule has 208 valence electrons. The van der Waals surface area contributed by atoms with Gasteiger partial charge in [0.15, 0.2) is 0 Å². The molecule has 0 bridgehead atoms. The zero-order valence-electron chi connectivity index (χ0n) is 23.0. The van der Waals surface area contributed by atoms with E-state index in [2.05, 4.69) is 38.3 Å². The first-order valence-corrected chi connectivity index (χ1v) is 15.1. The maximum atomic E-state index is 13.2. The number of hydrogen-bond donors (Lipinski definition) is 2. The van der Waals surface area contributed by atoms with Gasteiger partial charge in [-0.05, 0) is 84.7 Å². The van der Waals surface area contributed by atoms with Crippen LogP contribution in [0.1, 0.15) is 79.6 Å². The third-order valence-electron chi connectivity index (χ3n) is 6.69. The van der Waals surface area contributed by atoms with Gasteiger partial charge in [0.05, 0.1) is 29.3 Å². The van der Waals surface area contributed by atoms with Gasteiger partial charge in [-0.3, -0.25) is 4.79 Å². The summed E-state index contributed by atoms with van der Waals surface area (Å²) in [5, 5.41) is 6.94. The molecule has 1 fully saturated rings. The van der Waals surface area contributed by atoms with Gasteiger partial charge in [-0.15, -0.1) is 11.3 Å². The molecular weight excluding hydrogens is 526 g/mol. The molecule has 4 rings (SSSR count). The van der Waals surface area contributed by atoms with Crippen LogP contribution in [0.2, 0.25) is 0 Å². The number of sulfonamides is 1. The minimum Gasteiger partial charge on any atom is -0.462 e. The van der Waals surface area contributed by atoms with Crippen LogP contribution in [0.4, 0.5) is 5.00 Å². The van der Waals surface area contributed by atoms with Gasteiger partial charge in [0.1, 0.15) is 5.00 Å². The maximum Gasteiger partial charge on any atom is 0.341 e. The molecule has 2 aliphatic rings. The van der Waals surface area contributed by atoms with Gasteiger partial charge in [-0.1, -0.05) is 0 Å². The van der Waals surface area contributed by atoms with Gasteiger partial charge in [0.25, 0.3) is 5.91 Å². The van der Waals surface area contributed by atoms with Crippen molar-refractivity contribution in [3.8, 4) is 0 Å². The van der Waals surface area contributed by atoms with Crippen molar-refractivity contribution in [2.75, 3.05) is 25.0 Å². The average molecular weight is 564 g/mol. The summed E-state index contributed by atoms with van der Waals surface area (Å²) in [7, 11) is -3.72. The molecular formula is C27H37N3O6S2. The first kappa shape index (κ1) is 28.7. The molecule has 11 heteroatoms. The lowest BCUT2D eigenvalue weighted by atomic mass is 9.81. The maximum absolute atomic E-state index is 13.2. The van der Waals surface area contributed by atoms with Gasteiger partial charge in [0, 0.05) is 34.6 Å². The highest BCUT2D eigenvalue weighted by Gasteiger charge is 2.42. The Morgan fingerprint density at radius 1 is 1.13 bits per heavy atom. The molecule has 0 radical (unpaired) electrons. The molecule has 0 aliphatic carbocycles. The van der Waals surface area contributed by atoms with E-state index < -0.39 is 27.4 Å². The van der Waals surface area contributed by atoms with E-state index in [1.54, 1.807) is 6.92 Å².